The van der Waals surface area contributed by atoms with Gasteiger partial charge in [0.25, 0.3) is 11.5 Å². The van der Waals surface area contributed by atoms with Crippen molar-refractivity contribution in [3.05, 3.63) is 87.5 Å². The van der Waals surface area contributed by atoms with E-state index in [-0.39, 0.29) is 38.5 Å². The lowest BCUT2D eigenvalue weighted by Crippen LogP contribution is -2.18. The number of pyridine rings is 1. The highest BCUT2D eigenvalue weighted by atomic mass is 35.5. The minimum absolute atomic E-state index is 0.0459. The molecule has 9 heteroatoms. The van der Waals surface area contributed by atoms with Gasteiger partial charge in [0.05, 0.1) is 22.7 Å². The molecule has 0 saturated heterocycles. The molecule has 0 bridgehead atoms. The summed E-state index contributed by atoms with van der Waals surface area (Å²) in [5.74, 6) is -0.753. The van der Waals surface area contributed by atoms with Crippen molar-refractivity contribution in [2.45, 2.75) is 0 Å². The molecule has 0 unspecified atom stereocenters. The van der Waals surface area contributed by atoms with Crippen LogP contribution in [0, 0.1) is 12.9 Å². The molecule has 0 saturated carbocycles. The summed E-state index contributed by atoms with van der Waals surface area (Å²) in [6, 6.07) is 9.08. The van der Waals surface area contributed by atoms with Crippen molar-refractivity contribution in [2.75, 3.05) is 12.4 Å². The van der Waals surface area contributed by atoms with E-state index in [1.54, 1.807) is 0 Å². The first-order valence-electron chi connectivity index (χ1n) is 8.14. The number of nitrogens with one attached hydrogen (secondary N) is 1. The van der Waals surface area contributed by atoms with Crippen LogP contribution in [0.2, 0.25) is 10.0 Å². The molecule has 0 aliphatic rings. The first-order valence-corrected chi connectivity index (χ1v) is 8.89. The van der Waals surface area contributed by atoms with Crippen molar-refractivity contribution in [3.63, 3.8) is 0 Å². The van der Waals surface area contributed by atoms with Gasteiger partial charge in [-0.15, -0.1) is 0 Å². The first-order chi connectivity index (χ1) is 13.8. The van der Waals surface area contributed by atoms with Crippen LogP contribution in [0.15, 0.2) is 53.5 Å². The third-order valence-electron chi connectivity index (χ3n) is 3.87. The van der Waals surface area contributed by atoms with E-state index < -0.39 is 17.3 Å². The van der Waals surface area contributed by atoms with E-state index >= 15 is 0 Å². The predicted molar refractivity (Wildman–Crippen MR) is 109 cm³/mol. The number of nitrogens with zero attached hydrogens (tertiary/aromatic N) is 1. The average Bonchev–Trinajstić information content (AvgIpc) is 2.68. The van der Waals surface area contributed by atoms with Crippen LogP contribution in [0.1, 0.15) is 10.4 Å². The Hall–Kier alpha value is -3.03. The number of amides is 1. The Bertz CT molecular complexity index is 1150. The normalized spacial score (nSPS) is 10.5. The van der Waals surface area contributed by atoms with Gasteiger partial charge in [-0.3, -0.25) is 9.59 Å². The van der Waals surface area contributed by atoms with Crippen molar-refractivity contribution in [1.29, 1.82) is 0 Å². The maximum atomic E-state index is 13.4. The number of halogens is 3. The number of hydrogen-bond acceptors (Lipinski definition) is 4. The van der Waals surface area contributed by atoms with E-state index in [0.717, 1.165) is 10.6 Å². The number of carbonyl (C=O) groups is 1. The number of methoxy groups -OCH3 is 1. The molecule has 0 aliphatic carbocycles. The standard InChI is InChI=1S/C20H14Cl2FN2O4/c1-25-6-5-12(8-19(25)26)24-20(27)13-9-14(21)15(22)10-17(13)29-16-4-3-11(23)7-18(16)28-2/h3-10H,1H2,2H3,(H,24,27). The summed E-state index contributed by atoms with van der Waals surface area (Å²) in [7, 11) is 4.86. The number of hydrogen-bond donors (Lipinski definition) is 1. The molecule has 0 aliphatic heterocycles. The van der Waals surface area contributed by atoms with Crippen molar-refractivity contribution in [2.24, 2.45) is 0 Å². The van der Waals surface area contributed by atoms with Crippen molar-refractivity contribution < 1.29 is 18.7 Å². The average molecular weight is 436 g/mol. The summed E-state index contributed by atoms with van der Waals surface area (Å²) in [6.07, 6.45) is 1.41. The van der Waals surface area contributed by atoms with E-state index in [1.165, 1.54) is 49.7 Å². The van der Waals surface area contributed by atoms with Crippen molar-refractivity contribution in [1.82, 2.24) is 4.57 Å². The Morgan fingerprint density at radius 1 is 1.07 bits per heavy atom. The minimum atomic E-state index is -0.596. The smallest absolute Gasteiger partial charge is 0.259 e. The van der Waals surface area contributed by atoms with Crippen molar-refractivity contribution >= 4 is 34.8 Å². The van der Waals surface area contributed by atoms with E-state index in [2.05, 4.69) is 12.4 Å². The molecule has 29 heavy (non-hydrogen) atoms. The number of carbonyl (C=O) groups excluding carboxylic acids is 1. The van der Waals surface area contributed by atoms with Crippen LogP contribution in [-0.4, -0.2) is 17.6 Å². The van der Waals surface area contributed by atoms with Gasteiger partial charge in [-0.25, -0.2) is 4.39 Å². The van der Waals surface area contributed by atoms with Crippen LogP contribution in [0.3, 0.4) is 0 Å². The highest BCUT2D eigenvalue weighted by molar-refractivity contribution is 6.42. The van der Waals surface area contributed by atoms with Gasteiger partial charge in [-0.2, -0.15) is 0 Å². The van der Waals surface area contributed by atoms with E-state index in [0.29, 0.717) is 0 Å². The lowest BCUT2D eigenvalue weighted by atomic mass is 10.1. The molecule has 0 fully saturated rings. The molecule has 3 rings (SSSR count). The molecule has 1 radical (unpaired) electrons. The molecular weight excluding hydrogens is 422 g/mol. The van der Waals surface area contributed by atoms with Crippen LogP contribution in [0.4, 0.5) is 10.1 Å². The topological polar surface area (TPSA) is 69.6 Å². The molecular formula is C20H14Cl2FN2O4. The fourth-order valence-electron chi connectivity index (χ4n) is 2.42. The van der Waals surface area contributed by atoms with Gasteiger partial charge in [0.2, 0.25) is 0 Å². The molecule has 1 amide bonds. The second kappa shape index (κ2) is 8.55. The summed E-state index contributed by atoms with van der Waals surface area (Å²) < 4.78 is 25.4. The van der Waals surface area contributed by atoms with Gasteiger partial charge < -0.3 is 19.4 Å². The number of aromatic nitrogens is 1. The Morgan fingerprint density at radius 3 is 2.48 bits per heavy atom. The van der Waals surface area contributed by atoms with E-state index in [9.17, 15) is 14.0 Å². The largest absolute Gasteiger partial charge is 0.493 e. The first kappa shape index (κ1) is 20.7. The maximum absolute atomic E-state index is 13.4. The van der Waals surface area contributed by atoms with Crippen LogP contribution in [0.25, 0.3) is 0 Å². The molecule has 6 nitrogen and oxygen atoms in total. The zero-order valence-electron chi connectivity index (χ0n) is 15.0. The highest BCUT2D eigenvalue weighted by Gasteiger charge is 2.19. The third kappa shape index (κ3) is 4.70. The summed E-state index contributed by atoms with van der Waals surface area (Å²) >= 11 is 12.1. The predicted octanol–water partition coefficient (Wildman–Crippen LogP) is 4.99. The highest BCUT2D eigenvalue weighted by Crippen LogP contribution is 2.37. The van der Waals surface area contributed by atoms with Gasteiger partial charge in [0.15, 0.2) is 11.5 Å². The summed E-state index contributed by atoms with van der Waals surface area (Å²) in [5.41, 5.74) is -0.0923. The monoisotopic (exact) mass is 435 g/mol. The van der Waals surface area contributed by atoms with E-state index in [4.69, 9.17) is 32.7 Å². The summed E-state index contributed by atoms with van der Waals surface area (Å²) in [4.78, 5) is 24.5. The van der Waals surface area contributed by atoms with Gasteiger partial charge in [-0.1, -0.05) is 23.2 Å². The molecule has 1 N–H and O–H groups in total. The Kier molecular flexibility index (Phi) is 6.10. The SMILES string of the molecule is [CH2]n1ccc(NC(=O)c2cc(Cl)c(Cl)cc2Oc2ccc(F)cc2OC)cc1=O. The van der Waals surface area contributed by atoms with Crippen LogP contribution in [0.5, 0.6) is 17.2 Å². The molecule has 149 valence electrons. The summed E-state index contributed by atoms with van der Waals surface area (Å²) in [5, 5.41) is 2.86. The molecule has 1 heterocycles. The minimum Gasteiger partial charge on any atom is -0.493 e. The third-order valence-corrected chi connectivity index (χ3v) is 4.59. The maximum Gasteiger partial charge on any atom is 0.259 e. The molecule has 3 aromatic rings. The number of benzene rings is 2. The lowest BCUT2D eigenvalue weighted by Gasteiger charge is -2.15. The fraction of sp³-hybridized carbons (Fsp3) is 0.0500. The Morgan fingerprint density at radius 2 is 1.79 bits per heavy atom. The molecule has 0 atom stereocenters. The zero-order valence-corrected chi connectivity index (χ0v) is 16.6. The molecule has 1 aromatic heterocycles. The number of ether oxygens (including phenoxy) is 2. The van der Waals surface area contributed by atoms with Gasteiger partial charge in [0.1, 0.15) is 11.6 Å². The second-order valence-electron chi connectivity index (χ2n) is 5.84. The second-order valence-corrected chi connectivity index (χ2v) is 6.65. The van der Waals surface area contributed by atoms with Crippen molar-refractivity contribution in [3.8, 4) is 17.2 Å². The quantitative estimate of drug-likeness (QED) is 0.612. The zero-order chi connectivity index (χ0) is 21.1. The lowest BCUT2D eigenvalue weighted by molar-refractivity contribution is 0.102. The van der Waals surface area contributed by atoms with Gasteiger partial charge >= 0.3 is 0 Å². The van der Waals surface area contributed by atoms with Gasteiger partial charge in [-0.05, 0) is 24.3 Å². The Labute approximate surface area is 175 Å². The Balaban J connectivity index is 1.98. The fourth-order valence-corrected chi connectivity index (χ4v) is 2.74. The van der Waals surface area contributed by atoms with Crippen LogP contribution < -0.4 is 20.3 Å². The summed E-state index contributed by atoms with van der Waals surface area (Å²) in [6.45, 7) is 0. The number of anilines is 1. The molecule has 2 aromatic carbocycles. The van der Waals surface area contributed by atoms with E-state index in [1.807, 2.05) is 0 Å². The van der Waals surface area contributed by atoms with Crippen LogP contribution in [-0.2, 0) is 0 Å². The molecule has 0 spiro atoms. The number of rotatable bonds is 5. The van der Waals surface area contributed by atoms with Crippen LogP contribution >= 0.6 is 23.2 Å². The van der Waals surface area contributed by atoms with Gasteiger partial charge in [0, 0.05) is 37.1 Å².